The predicted molar refractivity (Wildman–Crippen MR) is 121 cm³/mol. The zero-order valence-corrected chi connectivity index (χ0v) is 18.2. The van der Waals surface area contributed by atoms with Crippen molar-refractivity contribution in [2.45, 2.75) is 38.3 Å². The number of anilines is 1. The lowest BCUT2D eigenvalue weighted by atomic mass is 9.95. The quantitative estimate of drug-likeness (QED) is 0.755. The first-order valence-corrected chi connectivity index (χ1v) is 11.3. The summed E-state index contributed by atoms with van der Waals surface area (Å²) in [7, 11) is 2.14. The van der Waals surface area contributed by atoms with Crippen LogP contribution in [0.5, 0.6) is 5.75 Å². The molecule has 2 aliphatic heterocycles. The number of piperidine rings is 2. The number of nitrogens with one attached hydrogen (secondary N) is 1. The smallest absolute Gasteiger partial charge is 0.227 e. The van der Waals surface area contributed by atoms with Gasteiger partial charge < -0.3 is 15.0 Å². The van der Waals surface area contributed by atoms with E-state index in [0.29, 0.717) is 0 Å². The molecule has 166 valence electrons. The van der Waals surface area contributed by atoms with Gasteiger partial charge in [-0.15, -0.1) is 0 Å². The summed E-state index contributed by atoms with van der Waals surface area (Å²) < 4.78 is 19.1. The number of ether oxygens (including phenoxy) is 1. The Morgan fingerprint density at radius 2 is 1.61 bits per heavy atom. The van der Waals surface area contributed by atoms with E-state index in [9.17, 15) is 9.18 Å². The number of carbonyl (C=O) groups is 1. The maximum absolute atomic E-state index is 13.1. The number of likely N-dealkylation sites (tertiary alicyclic amines) is 2. The molecule has 0 radical (unpaired) electrons. The fraction of sp³-hybridized carbons (Fsp3) is 0.480. The van der Waals surface area contributed by atoms with Gasteiger partial charge in [0, 0.05) is 31.2 Å². The van der Waals surface area contributed by atoms with Crippen LogP contribution in [0, 0.1) is 11.7 Å². The monoisotopic (exact) mass is 425 g/mol. The first kappa shape index (κ1) is 21.8. The zero-order valence-electron chi connectivity index (χ0n) is 18.2. The van der Waals surface area contributed by atoms with Gasteiger partial charge in [-0.25, -0.2) is 4.39 Å². The summed E-state index contributed by atoms with van der Waals surface area (Å²) in [4.78, 5) is 17.3. The van der Waals surface area contributed by atoms with Crippen molar-refractivity contribution in [1.29, 1.82) is 0 Å². The van der Waals surface area contributed by atoms with Gasteiger partial charge in [-0.3, -0.25) is 9.69 Å². The fourth-order valence-corrected chi connectivity index (χ4v) is 4.36. The molecule has 2 aromatic carbocycles. The van der Waals surface area contributed by atoms with Gasteiger partial charge in [0.1, 0.15) is 17.7 Å². The van der Waals surface area contributed by atoms with Crippen LogP contribution < -0.4 is 10.1 Å². The molecule has 0 aromatic heterocycles. The fourth-order valence-electron chi connectivity index (χ4n) is 4.36. The van der Waals surface area contributed by atoms with Crippen molar-refractivity contribution in [3.63, 3.8) is 0 Å². The van der Waals surface area contributed by atoms with E-state index in [0.717, 1.165) is 75.4 Å². The molecule has 2 heterocycles. The van der Waals surface area contributed by atoms with Gasteiger partial charge >= 0.3 is 0 Å². The number of nitrogens with zero attached hydrogens (tertiary/aromatic N) is 2. The molecule has 5 nitrogen and oxygen atoms in total. The molecule has 4 rings (SSSR count). The van der Waals surface area contributed by atoms with Crippen LogP contribution in [0.25, 0.3) is 0 Å². The summed E-state index contributed by atoms with van der Waals surface area (Å²) in [5, 5.41) is 3.06. The van der Waals surface area contributed by atoms with E-state index in [1.165, 1.54) is 12.1 Å². The van der Waals surface area contributed by atoms with E-state index in [-0.39, 0.29) is 23.7 Å². The molecule has 0 spiro atoms. The predicted octanol–water partition coefficient (Wildman–Crippen LogP) is 4.15. The first-order chi connectivity index (χ1) is 15.0. The van der Waals surface area contributed by atoms with Gasteiger partial charge in [0.15, 0.2) is 0 Å². The zero-order chi connectivity index (χ0) is 21.6. The Balaban J connectivity index is 1.21. The summed E-state index contributed by atoms with van der Waals surface area (Å²) in [6.45, 7) is 4.69. The standard InChI is InChI=1S/C25H32FN3O2/c1-28-14-12-24(13-15-28)31-23-8-6-22(7-9-23)27-25(30)20-10-16-29(17-11-20)18-19-2-4-21(26)5-3-19/h2-9,20,24H,10-18H2,1H3,(H,27,30). The molecule has 0 saturated carbocycles. The molecule has 0 aliphatic carbocycles. The summed E-state index contributed by atoms with van der Waals surface area (Å²) in [6, 6.07) is 14.4. The average Bonchev–Trinajstić information content (AvgIpc) is 2.79. The molecule has 0 atom stereocenters. The molecule has 2 fully saturated rings. The Hall–Kier alpha value is -2.44. The molecular weight excluding hydrogens is 393 g/mol. The molecule has 2 saturated heterocycles. The van der Waals surface area contributed by atoms with Crippen LogP contribution in [0.1, 0.15) is 31.2 Å². The van der Waals surface area contributed by atoms with E-state index in [1.807, 2.05) is 36.4 Å². The Morgan fingerprint density at radius 3 is 2.26 bits per heavy atom. The van der Waals surface area contributed by atoms with Crippen LogP contribution >= 0.6 is 0 Å². The largest absolute Gasteiger partial charge is 0.490 e. The third-order valence-electron chi connectivity index (χ3n) is 6.37. The minimum absolute atomic E-state index is 0.0274. The topological polar surface area (TPSA) is 44.8 Å². The van der Waals surface area contributed by atoms with Crippen LogP contribution in [0.3, 0.4) is 0 Å². The lowest BCUT2D eigenvalue weighted by Gasteiger charge is -2.31. The maximum atomic E-state index is 13.1. The van der Waals surface area contributed by atoms with Crippen molar-refractivity contribution in [2.75, 3.05) is 38.5 Å². The maximum Gasteiger partial charge on any atom is 0.227 e. The highest BCUT2D eigenvalue weighted by atomic mass is 19.1. The number of hydrogen-bond acceptors (Lipinski definition) is 4. The second-order valence-corrected chi connectivity index (χ2v) is 8.81. The summed E-state index contributed by atoms with van der Waals surface area (Å²) >= 11 is 0. The average molecular weight is 426 g/mol. The number of amides is 1. The van der Waals surface area contributed by atoms with Gasteiger partial charge in [0.05, 0.1) is 0 Å². The van der Waals surface area contributed by atoms with E-state index in [1.54, 1.807) is 0 Å². The van der Waals surface area contributed by atoms with Crippen molar-refractivity contribution in [3.8, 4) is 5.75 Å². The van der Waals surface area contributed by atoms with E-state index in [2.05, 4.69) is 22.2 Å². The normalized spacial score (nSPS) is 19.3. The van der Waals surface area contributed by atoms with E-state index >= 15 is 0 Å². The van der Waals surface area contributed by atoms with Crippen molar-refractivity contribution in [3.05, 3.63) is 59.9 Å². The minimum atomic E-state index is -0.208. The summed E-state index contributed by atoms with van der Waals surface area (Å²) in [5.41, 5.74) is 1.92. The number of carbonyl (C=O) groups excluding carboxylic acids is 1. The molecule has 2 aromatic rings. The van der Waals surface area contributed by atoms with Gasteiger partial charge in [-0.2, -0.15) is 0 Å². The van der Waals surface area contributed by atoms with E-state index in [4.69, 9.17) is 4.74 Å². The van der Waals surface area contributed by atoms with Crippen molar-refractivity contribution >= 4 is 11.6 Å². The van der Waals surface area contributed by atoms with Gasteiger partial charge in [-0.05, 0) is 87.8 Å². The van der Waals surface area contributed by atoms with Crippen molar-refractivity contribution in [2.24, 2.45) is 5.92 Å². The highest BCUT2D eigenvalue weighted by molar-refractivity contribution is 5.92. The minimum Gasteiger partial charge on any atom is -0.490 e. The third kappa shape index (κ3) is 6.28. The Kier molecular flexibility index (Phi) is 7.20. The van der Waals surface area contributed by atoms with Gasteiger partial charge in [-0.1, -0.05) is 12.1 Å². The Labute approximate surface area is 184 Å². The second-order valence-electron chi connectivity index (χ2n) is 8.81. The molecule has 1 N–H and O–H groups in total. The molecule has 31 heavy (non-hydrogen) atoms. The van der Waals surface area contributed by atoms with Crippen LogP contribution in [-0.4, -0.2) is 55.0 Å². The van der Waals surface area contributed by atoms with Crippen LogP contribution in [0.2, 0.25) is 0 Å². The molecular formula is C25H32FN3O2. The third-order valence-corrected chi connectivity index (χ3v) is 6.37. The number of benzene rings is 2. The summed E-state index contributed by atoms with van der Waals surface area (Å²) in [5.74, 6) is 0.771. The summed E-state index contributed by atoms with van der Waals surface area (Å²) in [6.07, 6.45) is 4.05. The highest BCUT2D eigenvalue weighted by Gasteiger charge is 2.25. The number of hydrogen-bond donors (Lipinski definition) is 1. The molecule has 0 unspecified atom stereocenters. The molecule has 6 heteroatoms. The Morgan fingerprint density at radius 1 is 0.968 bits per heavy atom. The molecule has 2 aliphatic rings. The number of halogens is 1. The van der Waals surface area contributed by atoms with Crippen LogP contribution in [-0.2, 0) is 11.3 Å². The van der Waals surface area contributed by atoms with Crippen molar-refractivity contribution in [1.82, 2.24) is 9.80 Å². The van der Waals surface area contributed by atoms with Crippen molar-refractivity contribution < 1.29 is 13.9 Å². The van der Waals surface area contributed by atoms with Crippen LogP contribution in [0.4, 0.5) is 10.1 Å². The highest BCUT2D eigenvalue weighted by Crippen LogP contribution is 2.23. The Bertz CT molecular complexity index is 840. The van der Waals surface area contributed by atoms with Gasteiger partial charge in [0.2, 0.25) is 5.91 Å². The lowest BCUT2D eigenvalue weighted by molar-refractivity contribution is -0.121. The van der Waals surface area contributed by atoms with E-state index < -0.39 is 0 Å². The van der Waals surface area contributed by atoms with Crippen LogP contribution in [0.15, 0.2) is 48.5 Å². The SMILES string of the molecule is CN1CCC(Oc2ccc(NC(=O)C3CCN(Cc4ccc(F)cc4)CC3)cc2)CC1. The van der Waals surface area contributed by atoms with Gasteiger partial charge in [0.25, 0.3) is 0 Å². The number of rotatable bonds is 6. The second kappa shape index (κ2) is 10.2. The molecule has 1 amide bonds. The molecule has 0 bridgehead atoms. The first-order valence-electron chi connectivity index (χ1n) is 11.3. The lowest BCUT2D eigenvalue weighted by Crippen LogP contribution is -2.37.